The molecule has 1 aromatic heterocycles. The molecule has 0 spiro atoms. The molecule has 0 aliphatic heterocycles. The summed E-state index contributed by atoms with van der Waals surface area (Å²) in [5.74, 6) is -0.957. The van der Waals surface area contributed by atoms with Crippen molar-refractivity contribution < 1.29 is 18.3 Å². The summed E-state index contributed by atoms with van der Waals surface area (Å²) in [6.07, 6.45) is 1.13. The highest BCUT2D eigenvalue weighted by Crippen LogP contribution is 2.19. The second kappa shape index (κ2) is 5.92. The first-order valence-corrected chi connectivity index (χ1v) is 7.69. The molecule has 0 unspecified atom stereocenters. The number of nitrogens with zero attached hydrogens (tertiary/aromatic N) is 3. The number of hydrogen-bond donors (Lipinski definition) is 2. The molecule has 0 fully saturated rings. The summed E-state index contributed by atoms with van der Waals surface area (Å²) in [4.78, 5) is 10.4. The minimum atomic E-state index is -3.67. The largest absolute Gasteiger partial charge is 0.481 e. The fraction of sp³-hybridized carbons (Fsp3) is 0.250. The number of nitrogens with one attached hydrogen (secondary N) is 1. The van der Waals surface area contributed by atoms with E-state index in [1.54, 1.807) is 42.2 Å². The molecule has 0 saturated carbocycles. The molecule has 0 bridgehead atoms. The molecular formula is C12H14N4O4S. The second-order valence-electron chi connectivity index (χ2n) is 4.41. The van der Waals surface area contributed by atoms with Crippen molar-refractivity contribution in [2.75, 3.05) is 10.5 Å². The van der Waals surface area contributed by atoms with Crippen LogP contribution in [0.2, 0.25) is 0 Å². The van der Waals surface area contributed by atoms with Gasteiger partial charge in [-0.2, -0.15) is 0 Å². The minimum Gasteiger partial charge on any atom is -0.481 e. The molecule has 2 aromatic rings. The number of sulfonamides is 1. The summed E-state index contributed by atoms with van der Waals surface area (Å²) in [6, 6.07) is 6.59. The molecule has 0 aliphatic rings. The van der Waals surface area contributed by atoms with E-state index in [-0.39, 0.29) is 0 Å². The van der Waals surface area contributed by atoms with Gasteiger partial charge in [0.25, 0.3) is 0 Å². The Balaban J connectivity index is 2.09. The summed E-state index contributed by atoms with van der Waals surface area (Å²) in [7, 11) is -1.87. The standard InChI is InChI=1S/C12H14N4O4S/c1-16-8-13-14-12(16)9-2-4-10(5-3-9)15-21(19,20)7-6-11(17)18/h2-5,8,15H,6-7H2,1H3,(H,17,18). The predicted octanol–water partition coefficient (Wildman–Crippen LogP) is 0.698. The highest BCUT2D eigenvalue weighted by Gasteiger charge is 2.13. The van der Waals surface area contributed by atoms with Gasteiger partial charge in [0.2, 0.25) is 10.0 Å². The quantitative estimate of drug-likeness (QED) is 0.811. The van der Waals surface area contributed by atoms with Crippen molar-refractivity contribution in [3.63, 3.8) is 0 Å². The lowest BCUT2D eigenvalue weighted by molar-refractivity contribution is -0.136. The first-order valence-electron chi connectivity index (χ1n) is 6.04. The highest BCUT2D eigenvalue weighted by atomic mass is 32.2. The van der Waals surface area contributed by atoms with E-state index in [2.05, 4.69) is 14.9 Å². The van der Waals surface area contributed by atoms with Crippen LogP contribution in [0.25, 0.3) is 11.4 Å². The predicted molar refractivity (Wildman–Crippen MR) is 76.1 cm³/mol. The number of carbonyl (C=O) groups is 1. The molecule has 0 saturated heterocycles. The van der Waals surface area contributed by atoms with Crippen LogP contribution in [0.4, 0.5) is 5.69 Å². The van der Waals surface area contributed by atoms with E-state index < -0.39 is 28.2 Å². The Hall–Kier alpha value is -2.42. The average molecular weight is 310 g/mol. The van der Waals surface area contributed by atoms with Crippen LogP contribution in [0.15, 0.2) is 30.6 Å². The van der Waals surface area contributed by atoms with Crippen molar-refractivity contribution in [3.05, 3.63) is 30.6 Å². The molecule has 2 N–H and O–H groups in total. The molecule has 0 atom stereocenters. The fourth-order valence-corrected chi connectivity index (χ4v) is 2.72. The summed E-state index contributed by atoms with van der Waals surface area (Å²) < 4.78 is 27.4. The van der Waals surface area contributed by atoms with Gasteiger partial charge in [0.15, 0.2) is 5.82 Å². The highest BCUT2D eigenvalue weighted by molar-refractivity contribution is 7.92. The van der Waals surface area contributed by atoms with E-state index in [9.17, 15) is 13.2 Å². The average Bonchev–Trinajstić information content (AvgIpc) is 2.83. The van der Waals surface area contributed by atoms with Crippen LogP contribution in [0.5, 0.6) is 0 Å². The number of carboxylic acid groups (broad SMARTS) is 1. The van der Waals surface area contributed by atoms with Crippen molar-refractivity contribution in [1.29, 1.82) is 0 Å². The molecular weight excluding hydrogens is 296 g/mol. The van der Waals surface area contributed by atoms with Gasteiger partial charge in [-0.3, -0.25) is 9.52 Å². The Bertz CT molecular complexity index is 737. The lowest BCUT2D eigenvalue weighted by Crippen LogP contribution is -2.18. The maximum atomic E-state index is 11.7. The Morgan fingerprint density at radius 1 is 1.33 bits per heavy atom. The van der Waals surface area contributed by atoms with Gasteiger partial charge in [0, 0.05) is 18.3 Å². The molecule has 0 radical (unpaired) electrons. The van der Waals surface area contributed by atoms with Gasteiger partial charge in [-0.05, 0) is 24.3 Å². The zero-order valence-electron chi connectivity index (χ0n) is 11.2. The van der Waals surface area contributed by atoms with Crippen molar-refractivity contribution in [2.24, 2.45) is 7.05 Å². The van der Waals surface area contributed by atoms with Gasteiger partial charge < -0.3 is 9.67 Å². The van der Waals surface area contributed by atoms with Crippen LogP contribution >= 0.6 is 0 Å². The lowest BCUT2D eigenvalue weighted by atomic mass is 10.2. The van der Waals surface area contributed by atoms with E-state index in [1.165, 1.54) is 0 Å². The van der Waals surface area contributed by atoms with Crippen molar-refractivity contribution in [1.82, 2.24) is 14.8 Å². The van der Waals surface area contributed by atoms with E-state index >= 15 is 0 Å². The molecule has 21 heavy (non-hydrogen) atoms. The van der Waals surface area contributed by atoms with Crippen molar-refractivity contribution in [2.45, 2.75) is 6.42 Å². The molecule has 9 heteroatoms. The zero-order chi connectivity index (χ0) is 15.5. The number of aryl methyl sites for hydroxylation is 1. The van der Waals surface area contributed by atoms with Gasteiger partial charge >= 0.3 is 5.97 Å². The van der Waals surface area contributed by atoms with Crippen LogP contribution in [0.3, 0.4) is 0 Å². The van der Waals surface area contributed by atoms with E-state index in [4.69, 9.17) is 5.11 Å². The normalized spacial score (nSPS) is 11.3. The van der Waals surface area contributed by atoms with Crippen LogP contribution in [-0.4, -0.2) is 40.0 Å². The van der Waals surface area contributed by atoms with Crippen molar-refractivity contribution in [3.8, 4) is 11.4 Å². The molecule has 1 aromatic carbocycles. The van der Waals surface area contributed by atoms with Gasteiger partial charge in [0.05, 0.1) is 12.2 Å². The Morgan fingerprint density at radius 3 is 2.52 bits per heavy atom. The van der Waals surface area contributed by atoms with Gasteiger partial charge in [-0.1, -0.05) is 0 Å². The lowest BCUT2D eigenvalue weighted by Gasteiger charge is -2.07. The smallest absolute Gasteiger partial charge is 0.304 e. The first kappa shape index (κ1) is 15.0. The molecule has 112 valence electrons. The number of benzene rings is 1. The number of anilines is 1. The number of carboxylic acids is 1. The Kier molecular flexibility index (Phi) is 4.22. The van der Waals surface area contributed by atoms with Gasteiger partial charge in [-0.15, -0.1) is 10.2 Å². The fourth-order valence-electron chi connectivity index (χ4n) is 1.68. The van der Waals surface area contributed by atoms with Crippen LogP contribution < -0.4 is 4.72 Å². The molecule has 8 nitrogen and oxygen atoms in total. The monoisotopic (exact) mass is 310 g/mol. The molecule has 0 amide bonds. The zero-order valence-corrected chi connectivity index (χ0v) is 12.0. The van der Waals surface area contributed by atoms with E-state index in [0.717, 1.165) is 5.56 Å². The third kappa shape index (κ3) is 4.02. The van der Waals surface area contributed by atoms with E-state index in [1.807, 2.05) is 0 Å². The first-order chi connectivity index (χ1) is 9.87. The Labute approximate surface area is 121 Å². The summed E-state index contributed by atoms with van der Waals surface area (Å²) in [5, 5.41) is 16.2. The molecule has 2 rings (SSSR count). The topological polar surface area (TPSA) is 114 Å². The number of aromatic nitrogens is 3. The number of rotatable bonds is 6. The van der Waals surface area contributed by atoms with Gasteiger partial charge in [0.1, 0.15) is 6.33 Å². The minimum absolute atomic E-state index is 0.367. The van der Waals surface area contributed by atoms with Gasteiger partial charge in [-0.25, -0.2) is 8.42 Å². The second-order valence-corrected chi connectivity index (χ2v) is 6.25. The van der Waals surface area contributed by atoms with E-state index in [0.29, 0.717) is 11.5 Å². The Morgan fingerprint density at radius 2 is 2.00 bits per heavy atom. The third-order valence-electron chi connectivity index (χ3n) is 2.71. The van der Waals surface area contributed by atoms with Crippen LogP contribution in [0.1, 0.15) is 6.42 Å². The molecule has 1 heterocycles. The SMILES string of the molecule is Cn1cnnc1-c1ccc(NS(=O)(=O)CCC(=O)O)cc1. The van der Waals surface area contributed by atoms with Crippen LogP contribution in [0, 0.1) is 0 Å². The summed E-state index contributed by atoms with van der Waals surface area (Å²) >= 11 is 0. The maximum Gasteiger partial charge on any atom is 0.304 e. The summed E-state index contributed by atoms with van der Waals surface area (Å²) in [5.41, 5.74) is 1.16. The maximum absolute atomic E-state index is 11.7. The van der Waals surface area contributed by atoms with Crippen molar-refractivity contribution >= 4 is 21.7 Å². The number of hydrogen-bond acceptors (Lipinski definition) is 5. The number of aliphatic carboxylic acids is 1. The third-order valence-corrected chi connectivity index (χ3v) is 4.00. The summed E-state index contributed by atoms with van der Waals surface area (Å²) in [6.45, 7) is 0. The molecule has 0 aliphatic carbocycles. The van der Waals surface area contributed by atoms with Crippen LogP contribution in [-0.2, 0) is 21.9 Å².